The first kappa shape index (κ1) is 13.1. The molecule has 0 bridgehead atoms. The molecule has 0 fully saturated rings. The van der Waals surface area contributed by atoms with Crippen molar-refractivity contribution in [2.75, 3.05) is 0 Å². The number of nitrogens with two attached hydrogens (primary N) is 1. The monoisotopic (exact) mass is 264 g/mol. The molecule has 4 heteroatoms. The van der Waals surface area contributed by atoms with Crippen LogP contribution in [0.15, 0.2) is 34.7 Å². The summed E-state index contributed by atoms with van der Waals surface area (Å²) in [7, 11) is 0. The highest BCUT2D eigenvalue weighted by Gasteiger charge is 2.15. The maximum Gasteiger partial charge on any atom is 0.193 e. The van der Waals surface area contributed by atoms with Crippen LogP contribution >= 0.6 is 11.6 Å². The molecule has 0 aliphatic heterocycles. The van der Waals surface area contributed by atoms with Gasteiger partial charge in [-0.3, -0.25) is 5.84 Å². The van der Waals surface area contributed by atoms with Crippen LogP contribution < -0.4 is 11.3 Å². The second kappa shape index (κ2) is 5.57. The van der Waals surface area contributed by atoms with Crippen LogP contribution in [0.4, 0.5) is 0 Å². The predicted octanol–water partition coefficient (Wildman–Crippen LogP) is 3.30. The molecule has 1 atom stereocenters. The molecular formula is C14H17ClN2O. The van der Waals surface area contributed by atoms with Crippen LogP contribution in [-0.4, -0.2) is 0 Å². The van der Waals surface area contributed by atoms with Crippen LogP contribution in [0.5, 0.6) is 0 Å². The molecule has 1 aromatic heterocycles. The largest absolute Gasteiger partial charge is 0.448 e. The van der Waals surface area contributed by atoms with E-state index < -0.39 is 0 Å². The van der Waals surface area contributed by atoms with Gasteiger partial charge in [0.15, 0.2) is 5.22 Å². The first-order valence-corrected chi connectivity index (χ1v) is 6.25. The molecule has 3 N–H and O–H groups in total. The van der Waals surface area contributed by atoms with Gasteiger partial charge in [0.25, 0.3) is 0 Å². The van der Waals surface area contributed by atoms with Crippen molar-refractivity contribution >= 4 is 11.6 Å². The van der Waals surface area contributed by atoms with E-state index in [1.807, 2.05) is 6.07 Å². The summed E-state index contributed by atoms with van der Waals surface area (Å²) in [5, 5.41) is 0.381. The molecule has 0 aliphatic carbocycles. The normalized spacial score (nSPS) is 12.7. The molecule has 2 aromatic rings. The van der Waals surface area contributed by atoms with Gasteiger partial charge in [-0.25, -0.2) is 5.43 Å². The lowest BCUT2D eigenvalue weighted by Crippen LogP contribution is -2.29. The Bertz CT molecular complexity index is 536. The average Bonchev–Trinajstić information content (AvgIpc) is 2.77. The smallest absolute Gasteiger partial charge is 0.193 e. The van der Waals surface area contributed by atoms with Gasteiger partial charge in [0, 0.05) is 0 Å². The maximum absolute atomic E-state index is 5.79. The molecule has 0 saturated heterocycles. The standard InChI is InChI=1S/C14H17ClN2O/c1-9-3-4-10(2)11(7-9)8-12(17-16)13-5-6-14(15)18-13/h3-7,12,17H,8,16H2,1-2H3. The van der Waals surface area contributed by atoms with Gasteiger partial charge in [-0.05, 0) is 55.1 Å². The van der Waals surface area contributed by atoms with E-state index in [1.54, 1.807) is 6.07 Å². The van der Waals surface area contributed by atoms with E-state index in [0.29, 0.717) is 5.22 Å². The topological polar surface area (TPSA) is 51.2 Å². The molecule has 18 heavy (non-hydrogen) atoms. The van der Waals surface area contributed by atoms with Gasteiger partial charge in [0.05, 0.1) is 6.04 Å². The Morgan fingerprint density at radius 1 is 1.28 bits per heavy atom. The molecule has 1 unspecified atom stereocenters. The Labute approximate surface area is 112 Å². The van der Waals surface area contributed by atoms with Crippen LogP contribution in [-0.2, 0) is 6.42 Å². The Kier molecular flexibility index (Phi) is 4.07. The zero-order chi connectivity index (χ0) is 13.1. The average molecular weight is 265 g/mol. The number of hydrazine groups is 1. The number of hydrogen-bond acceptors (Lipinski definition) is 3. The van der Waals surface area contributed by atoms with Crippen molar-refractivity contribution in [1.82, 2.24) is 5.43 Å². The quantitative estimate of drug-likeness (QED) is 0.658. The number of benzene rings is 1. The van der Waals surface area contributed by atoms with Gasteiger partial charge >= 0.3 is 0 Å². The van der Waals surface area contributed by atoms with Gasteiger partial charge < -0.3 is 4.42 Å². The summed E-state index contributed by atoms with van der Waals surface area (Å²) in [6.07, 6.45) is 0.772. The highest BCUT2D eigenvalue weighted by Crippen LogP contribution is 2.24. The van der Waals surface area contributed by atoms with Crippen molar-refractivity contribution < 1.29 is 4.42 Å². The lowest BCUT2D eigenvalue weighted by Gasteiger charge is -2.15. The lowest BCUT2D eigenvalue weighted by atomic mass is 9.98. The fraction of sp³-hybridized carbons (Fsp3) is 0.286. The van der Waals surface area contributed by atoms with Gasteiger partial charge in [0.2, 0.25) is 0 Å². The molecule has 0 aliphatic rings. The van der Waals surface area contributed by atoms with Crippen molar-refractivity contribution in [1.29, 1.82) is 0 Å². The Morgan fingerprint density at radius 2 is 2.06 bits per heavy atom. The van der Waals surface area contributed by atoms with E-state index in [1.165, 1.54) is 16.7 Å². The summed E-state index contributed by atoms with van der Waals surface area (Å²) in [6.45, 7) is 4.18. The fourth-order valence-electron chi connectivity index (χ4n) is 2.00. The highest BCUT2D eigenvalue weighted by atomic mass is 35.5. The Morgan fingerprint density at radius 3 is 2.67 bits per heavy atom. The Balaban J connectivity index is 2.22. The fourth-order valence-corrected chi connectivity index (χ4v) is 2.15. The first-order chi connectivity index (χ1) is 8.60. The zero-order valence-electron chi connectivity index (χ0n) is 10.5. The summed E-state index contributed by atoms with van der Waals surface area (Å²) in [4.78, 5) is 0. The van der Waals surface area contributed by atoms with E-state index in [9.17, 15) is 0 Å². The molecular weight excluding hydrogens is 248 g/mol. The molecule has 0 amide bonds. The predicted molar refractivity (Wildman–Crippen MR) is 73.4 cm³/mol. The van der Waals surface area contributed by atoms with Gasteiger partial charge in [-0.15, -0.1) is 0 Å². The van der Waals surface area contributed by atoms with Crippen LogP contribution in [0.1, 0.15) is 28.5 Å². The number of rotatable bonds is 4. The van der Waals surface area contributed by atoms with Gasteiger partial charge in [0.1, 0.15) is 5.76 Å². The third-order valence-corrected chi connectivity index (χ3v) is 3.27. The second-order valence-electron chi connectivity index (χ2n) is 4.50. The van der Waals surface area contributed by atoms with Crippen LogP contribution in [0, 0.1) is 13.8 Å². The van der Waals surface area contributed by atoms with Crippen molar-refractivity contribution in [2.45, 2.75) is 26.3 Å². The Hall–Kier alpha value is -1.29. The minimum Gasteiger partial charge on any atom is -0.448 e. The summed E-state index contributed by atoms with van der Waals surface area (Å²) in [6, 6.07) is 9.89. The van der Waals surface area contributed by atoms with Crippen molar-refractivity contribution in [3.05, 3.63) is 58.0 Å². The SMILES string of the molecule is Cc1ccc(C)c(CC(NN)c2ccc(Cl)o2)c1. The second-order valence-corrected chi connectivity index (χ2v) is 4.87. The number of nitrogens with one attached hydrogen (secondary N) is 1. The van der Waals surface area contributed by atoms with Crippen molar-refractivity contribution in [2.24, 2.45) is 5.84 Å². The van der Waals surface area contributed by atoms with Crippen molar-refractivity contribution in [3.8, 4) is 0 Å². The summed E-state index contributed by atoms with van der Waals surface area (Å²) in [5.41, 5.74) is 6.52. The third-order valence-electron chi connectivity index (χ3n) is 3.07. The molecule has 2 rings (SSSR count). The molecule has 0 radical (unpaired) electrons. The lowest BCUT2D eigenvalue weighted by molar-refractivity contribution is 0.416. The number of furan rings is 1. The van der Waals surface area contributed by atoms with Crippen molar-refractivity contribution in [3.63, 3.8) is 0 Å². The minimum absolute atomic E-state index is 0.0713. The van der Waals surface area contributed by atoms with E-state index in [0.717, 1.165) is 12.2 Å². The number of aryl methyl sites for hydroxylation is 2. The first-order valence-electron chi connectivity index (χ1n) is 5.87. The van der Waals surface area contributed by atoms with Gasteiger partial charge in [-0.1, -0.05) is 23.8 Å². The van der Waals surface area contributed by atoms with Crippen LogP contribution in [0.3, 0.4) is 0 Å². The molecule has 0 saturated carbocycles. The minimum atomic E-state index is -0.0713. The maximum atomic E-state index is 5.79. The number of halogens is 1. The number of hydrogen-bond donors (Lipinski definition) is 2. The van der Waals surface area contributed by atoms with Crippen LogP contribution in [0.25, 0.3) is 0 Å². The molecule has 0 spiro atoms. The third kappa shape index (κ3) is 2.93. The van der Waals surface area contributed by atoms with Gasteiger partial charge in [-0.2, -0.15) is 0 Å². The molecule has 1 heterocycles. The zero-order valence-corrected chi connectivity index (χ0v) is 11.3. The molecule has 3 nitrogen and oxygen atoms in total. The summed E-state index contributed by atoms with van der Waals surface area (Å²) in [5.74, 6) is 6.35. The summed E-state index contributed by atoms with van der Waals surface area (Å²) >= 11 is 5.79. The highest BCUT2D eigenvalue weighted by molar-refractivity contribution is 6.28. The molecule has 96 valence electrons. The summed E-state index contributed by atoms with van der Waals surface area (Å²) < 4.78 is 5.40. The van der Waals surface area contributed by atoms with E-state index >= 15 is 0 Å². The van der Waals surface area contributed by atoms with Crippen LogP contribution in [0.2, 0.25) is 5.22 Å². The van der Waals surface area contributed by atoms with E-state index in [4.69, 9.17) is 21.9 Å². The molecule has 1 aromatic carbocycles. The van der Waals surface area contributed by atoms with E-state index in [-0.39, 0.29) is 6.04 Å². The van der Waals surface area contributed by atoms with E-state index in [2.05, 4.69) is 37.5 Å².